The Hall–Kier alpha value is -1.88. The lowest BCUT2D eigenvalue weighted by Gasteiger charge is -2.08. The van der Waals surface area contributed by atoms with Crippen LogP contribution in [0.3, 0.4) is 0 Å². The number of hydrogen-bond acceptors (Lipinski definition) is 4. The van der Waals surface area contributed by atoms with Crippen LogP contribution in [0.1, 0.15) is 12.5 Å². The van der Waals surface area contributed by atoms with Crippen molar-refractivity contribution < 1.29 is 4.74 Å². The largest absolute Gasteiger partial charge is 0.472 e. The van der Waals surface area contributed by atoms with Crippen molar-refractivity contribution in [2.45, 2.75) is 6.92 Å². The molecule has 4 nitrogen and oxygen atoms in total. The van der Waals surface area contributed by atoms with Crippen LogP contribution in [0, 0.1) is 0 Å². The lowest BCUT2D eigenvalue weighted by molar-refractivity contribution is 0.346. The van der Waals surface area contributed by atoms with E-state index in [9.17, 15) is 0 Å². The van der Waals surface area contributed by atoms with Gasteiger partial charge < -0.3 is 10.1 Å². The maximum Gasteiger partial charge on any atom is 0.233 e. The second-order valence-corrected chi connectivity index (χ2v) is 4.79. The van der Waals surface area contributed by atoms with E-state index in [2.05, 4.69) is 31.2 Å². The monoisotopic (exact) mass is 333 g/mol. The van der Waals surface area contributed by atoms with Gasteiger partial charge in [-0.3, -0.25) is 0 Å². The van der Waals surface area contributed by atoms with Gasteiger partial charge in [-0.2, -0.15) is 0 Å². The third kappa shape index (κ3) is 4.06. The zero-order valence-corrected chi connectivity index (χ0v) is 12.8. The molecule has 0 bridgehead atoms. The summed E-state index contributed by atoms with van der Waals surface area (Å²) in [7, 11) is 0. The van der Waals surface area contributed by atoms with E-state index in [0.29, 0.717) is 12.5 Å². The van der Waals surface area contributed by atoms with Gasteiger partial charge >= 0.3 is 0 Å². The van der Waals surface area contributed by atoms with Crippen LogP contribution in [0.25, 0.3) is 6.08 Å². The van der Waals surface area contributed by atoms with E-state index < -0.39 is 0 Å². The molecule has 1 heterocycles. The fourth-order valence-corrected chi connectivity index (χ4v) is 2.08. The number of nitrogens with zero attached hydrogens (tertiary/aromatic N) is 2. The molecular formula is C15H16BrN3O. The number of rotatable bonds is 6. The zero-order valence-electron chi connectivity index (χ0n) is 11.2. The van der Waals surface area contributed by atoms with Gasteiger partial charge in [-0.25, -0.2) is 9.97 Å². The predicted molar refractivity (Wildman–Crippen MR) is 84.9 cm³/mol. The Balaban J connectivity index is 1.94. The summed E-state index contributed by atoms with van der Waals surface area (Å²) in [5, 5.41) is 3.14. The van der Waals surface area contributed by atoms with E-state index in [1.165, 1.54) is 6.33 Å². The van der Waals surface area contributed by atoms with E-state index in [4.69, 9.17) is 4.74 Å². The molecule has 0 amide bonds. The van der Waals surface area contributed by atoms with Gasteiger partial charge in [0.05, 0.1) is 0 Å². The van der Waals surface area contributed by atoms with E-state index in [0.717, 1.165) is 22.4 Å². The molecule has 1 aromatic carbocycles. The molecule has 0 atom stereocenters. The fraction of sp³-hybridized carbons (Fsp3) is 0.200. The number of benzene rings is 1. The second kappa shape index (κ2) is 7.65. The first kappa shape index (κ1) is 14.5. The highest BCUT2D eigenvalue weighted by Gasteiger charge is 2.08. The predicted octanol–water partition coefficient (Wildman–Crippen LogP) is 3.76. The topological polar surface area (TPSA) is 47.0 Å². The molecule has 0 saturated heterocycles. The summed E-state index contributed by atoms with van der Waals surface area (Å²) in [5.41, 5.74) is 1.14. The summed E-state index contributed by atoms with van der Waals surface area (Å²) in [6, 6.07) is 10.1. The quantitative estimate of drug-likeness (QED) is 0.874. The molecule has 1 aromatic heterocycles. The highest BCUT2D eigenvalue weighted by Crippen LogP contribution is 2.28. The van der Waals surface area contributed by atoms with Crippen molar-refractivity contribution >= 4 is 27.8 Å². The van der Waals surface area contributed by atoms with Gasteiger partial charge in [-0.05, 0) is 34.5 Å². The molecule has 0 aliphatic rings. The highest BCUT2D eigenvalue weighted by atomic mass is 79.9. The number of hydrogen-bond donors (Lipinski definition) is 1. The summed E-state index contributed by atoms with van der Waals surface area (Å²) in [6.45, 7) is 3.26. The average molecular weight is 334 g/mol. The number of nitrogens with one attached hydrogen (secondary N) is 1. The summed E-state index contributed by atoms with van der Waals surface area (Å²) in [5.74, 6) is 1.28. The molecule has 0 aliphatic heterocycles. The first-order chi connectivity index (χ1) is 9.81. The minimum absolute atomic E-state index is 0.454. The highest BCUT2D eigenvalue weighted by molar-refractivity contribution is 9.10. The molecule has 20 heavy (non-hydrogen) atoms. The average Bonchev–Trinajstić information content (AvgIpc) is 2.48. The Labute approximate surface area is 127 Å². The Morgan fingerprint density at radius 1 is 1.25 bits per heavy atom. The molecule has 0 unspecified atom stereocenters. The van der Waals surface area contributed by atoms with Gasteiger partial charge in [0.25, 0.3) is 0 Å². The molecule has 0 radical (unpaired) electrons. The third-order valence-electron chi connectivity index (χ3n) is 2.53. The molecule has 0 spiro atoms. The van der Waals surface area contributed by atoms with Crippen molar-refractivity contribution in [3.8, 4) is 5.88 Å². The van der Waals surface area contributed by atoms with E-state index in [1.807, 2.05) is 49.4 Å². The standard InChI is InChI=1S/C15H16BrN3O/c1-2-17-14-13(16)15(19-11-18-14)20-10-6-9-12-7-4-3-5-8-12/h3-9,11H,2,10H2,1H3,(H,17,18,19)/b9-6+. The van der Waals surface area contributed by atoms with Crippen molar-refractivity contribution in [2.24, 2.45) is 0 Å². The number of aromatic nitrogens is 2. The summed E-state index contributed by atoms with van der Waals surface area (Å²) in [4.78, 5) is 8.25. The van der Waals surface area contributed by atoms with Crippen LogP contribution in [0.5, 0.6) is 5.88 Å². The van der Waals surface area contributed by atoms with Gasteiger partial charge in [-0.15, -0.1) is 0 Å². The van der Waals surface area contributed by atoms with Crippen LogP contribution in [0.15, 0.2) is 47.2 Å². The Bertz CT molecular complexity index is 573. The van der Waals surface area contributed by atoms with Gasteiger partial charge in [0.15, 0.2) is 0 Å². The van der Waals surface area contributed by atoms with Crippen LogP contribution in [0.4, 0.5) is 5.82 Å². The number of anilines is 1. The van der Waals surface area contributed by atoms with Crippen molar-refractivity contribution in [2.75, 3.05) is 18.5 Å². The van der Waals surface area contributed by atoms with Gasteiger partial charge in [0.2, 0.25) is 5.88 Å². The van der Waals surface area contributed by atoms with Gasteiger partial charge in [-0.1, -0.05) is 36.4 Å². The third-order valence-corrected chi connectivity index (χ3v) is 3.24. The van der Waals surface area contributed by atoms with Crippen LogP contribution >= 0.6 is 15.9 Å². The van der Waals surface area contributed by atoms with Crippen molar-refractivity contribution in [1.82, 2.24) is 9.97 Å². The molecule has 0 aliphatic carbocycles. The van der Waals surface area contributed by atoms with Crippen LogP contribution in [0.2, 0.25) is 0 Å². The first-order valence-corrected chi connectivity index (χ1v) is 7.19. The zero-order chi connectivity index (χ0) is 14.2. The molecule has 2 rings (SSSR count). The van der Waals surface area contributed by atoms with E-state index in [-0.39, 0.29) is 0 Å². The maximum atomic E-state index is 5.62. The fourth-order valence-electron chi connectivity index (χ4n) is 1.62. The second-order valence-electron chi connectivity index (χ2n) is 4.00. The number of halogens is 1. The molecule has 104 valence electrons. The molecule has 5 heteroatoms. The van der Waals surface area contributed by atoms with Gasteiger partial charge in [0, 0.05) is 6.54 Å². The lowest BCUT2D eigenvalue weighted by atomic mass is 10.2. The summed E-state index contributed by atoms with van der Waals surface area (Å²) in [6.07, 6.45) is 5.45. The van der Waals surface area contributed by atoms with Crippen LogP contribution in [-0.4, -0.2) is 23.1 Å². The maximum absolute atomic E-state index is 5.62. The van der Waals surface area contributed by atoms with Crippen LogP contribution < -0.4 is 10.1 Å². The van der Waals surface area contributed by atoms with Gasteiger partial charge in [0.1, 0.15) is 23.2 Å². The minimum Gasteiger partial charge on any atom is -0.472 e. The Kier molecular flexibility index (Phi) is 5.55. The normalized spacial score (nSPS) is 10.7. The Morgan fingerprint density at radius 3 is 2.80 bits per heavy atom. The lowest BCUT2D eigenvalue weighted by Crippen LogP contribution is -2.04. The minimum atomic E-state index is 0.454. The van der Waals surface area contributed by atoms with Crippen molar-refractivity contribution in [3.05, 3.63) is 52.8 Å². The SMILES string of the molecule is CCNc1ncnc(OC/C=C/c2ccccc2)c1Br. The summed E-state index contributed by atoms with van der Waals surface area (Å²) < 4.78 is 6.37. The van der Waals surface area contributed by atoms with E-state index in [1.54, 1.807) is 0 Å². The molecule has 0 saturated carbocycles. The smallest absolute Gasteiger partial charge is 0.233 e. The summed E-state index contributed by atoms with van der Waals surface area (Å²) >= 11 is 3.44. The van der Waals surface area contributed by atoms with E-state index >= 15 is 0 Å². The molecule has 2 aromatic rings. The first-order valence-electron chi connectivity index (χ1n) is 6.40. The number of ether oxygens (including phenoxy) is 1. The van der Waals surface area contributed by atoms with Crippen molar-refractivity contribution in [3.63, 3.8) is 0 Å². The van der Waals surface area contributed by atoms with Crippen molar-refractivity contribution in [1.29, 1.82) is 0 Å². The Morgan fingerprint density at radius 2 is 2.05 bits per heavy atom. The molecular weight excluding hydrogens is 318 g/mol. The molecule has 1 N–H and O–H groups in total. The molecule has 0 fully saturated rings. The van der Waals surface area contributed by atoms with Crippen LogP contribution in [-0.2, 0) is 0 Å².